The average molecular weight is 349 g/mol. The van der Waals surface area contributed by atoms with Crippen LogP contribution in [0.25, 0.3) is 0 Å². The lowest BCUT2D eigenvalue weighted by Crippen LogP contribution is -2.50. The molecule has 0 saturated carbocycles. The van der Waals surface area contributed by atoms with Crippen molar-refractivity contribution in [2.24, 2.45) is 5.73 Å². The number of aliphatic hydroxyl groups is 3. The molecule has 0 aromatic heterocycles. The number of aryl methyl sites for hydroxylation is 1. The van der Waals surface area contributed by atoms with Gasteiger partial charge in [0.15, 0.2) is 0 Å². The first-order chi connectivity index (χ1) is 10.5. The van der Waals surface area contributed by atoms with Crippen molar-refractivity contribution in [1.82, 2.24) is 0 Å². The Morgan fingerprint density at radius 1 is 1.04 bits per heavy atom. The monoisotopic (exact) mass is 349 g/mol. The molecule has 0 amide bonds. The Morgan fingerprint density at radius 2 is 1.52 bits per heavy atom. The van der Waals surface area contributed by atoms with E-state index >= 15 is 0 Å². The van der Waals surface area contributed by atoms with Crippen molar-refractivity contribution in [2.45, 2.75) is 38.6 Å². The zero-order valence-corrected chi connectivity index (χ0v) is 14.9. The number of hydrogen-bond acceptors (Lipinski definition) is 7. The third kappa shape index (κ3) is 8.04. The Labute approximate surface area is 138 Å². The fourth-order valence-electron chi connectivity index (χ4n) is 1.55. The second-order valence-corrected chi connectivity index (χ2v) is 7.12. The molecule has 0 heterocycles. The van der Waals surface area contributed by atoms with Crippen LogP contribution in [0.2, 0.25) is 0 Å². The summed E-state index contributed by atoms with van der Waals surface area (Å²) in [5, 5.41) is 25.0. The molecular formula is C15H28NO6P. The lowest BCUT2D eigenvalue weighted by atomic mass is 9.85. The van der Waals surface area contributed by atoms with E-state index in [9.17, 15) is 0 Å². The largest absolute Gasteiger partial charge is 0.427 e. The zero-order valence-electron chi connectivity index (χ0n) is 14.0. The molecule has 0 saturated heterocycles. The van der Waals surface area contributed by atoms with Gasteiger partial charge in [-0.25, -0.2) is 0 Å². The first-order valence-electron chi connectivity index (χ1n) is 7.07. The van der Waals surface area contributed by atoms with E-state index in [4.69, 9.17) is 35.4 Å². The molecule has 0 radical (unpaired) electrons. The summed E-state index contributed by atoms with van der Waals surface area (Å²) >= 11 is 0. The summed E-state index contributed by atoms with van der Waals surface area (Å²) in [6.45, 7) is 6.97. The summed E-state index contributed by atoms with van der Waals surface area (Å²) in [5.41, 5.74) is 5.98. The fourth-order valence-corrected chi connectivity index (χ4v) is 1.88. The second kappa shape index (κ2) is 9.49. The predicted octanol–water partition coefficient (Wildman–Crippen LogP) is 0.544. The average Bonchev–Trinajstić information content (AvgIpc) is 2.47. The minimum atomic E-state index is -2.35. The topological polar surface area (TPSA) is 136 Å². The minimum absolute atomic E-state index is 0.0767. The molecule has 0 spiro atoms. The van der Waals surface area contributed by atoms with Crippen molar-refractivity contribution >= 4 is 8.60 Å². The van der Waals surface area contributed by atoms with Gasteiger partial charge in [0.2, 0.25) is 0 Å². The molecule has 0 aliphatic rings. The summed E-state index contributed by atoms with van der Waals surface area (Å²) in [5.74, 6) is 0.546. The molecule has 1 rings (SSSR count). The van der Waals surface area contributed by atoms with E-state index in [0.29, 0.717) is 5.75 Å². The van der Waals surface area contributed by atoms with Gasteiger partial charge in [-0.05, 0) is 18.4 Å². The third-order valence-corrected chi connectivity index (χ3v) is 3.43. The van der Waals surface area contributed by atoms with Crippen molar-refractivity contribution in [3.8, 4) is 5.75 Å². The molecule has 1 aromatic carbocycles. The van der Waals surface area contributed by atoms with Crippen molar-refractivity contribution < 1.29 is 29.6 Å². The van der Waals surface area contributed by atoms with E-state index in [1.165, 1.54) is 0 Å². The Bertz CT molecular complexity index is 463. The highest BCUT2D eigenvalue weighted by atomic mass is 31.2. The van der Waals surface area contributed by atoms with Gasteiger partial charge >= 0.3 is 8.60 Å². The van der Waals surface area contributed by atoms with Crippen LogP contribution in [0.4, 0.5) is 0 Å². The first kappa shape index (κ1) is 22.2. The summed E-state index contributed by atoms with van der Waals surface area (Å²) in [7, 11) is -2.35. The minimum Gasteiger partial charge on any atom is -0.427 e. The molecule has 1 aromatic rings. The maximum Gasteiger partial charge on any atom is 0.391 e. The van der Waals surface area contributed by atoms with Crippen molar-refractivity contribution in [2.75, 3.05) is 19.8 Å². The van der Waals surface area contributed by atoms with E-state index in [2.05, 4.69) is 20.8 Å². The lowest BCUT2D eigenvalue weighted by molar-refractivity contribution is 0.0697. The number of hydrogen-bond donors (Lipinski definition) is 6. The maximum absolute atomic E-state index is 8.86. The Balaban J connectivity index is 0.000000515. The molecule has 0 bridgehead atoms. The highest BCUT2D eigenvalue weighted by Crippen LogP contribution is 2.37. The molecule has 23 heavy (non-hydrogen) atoms. The Morgan fingerprint density at radius 3 is 1.83 bits per heavy atom. The number of aliphatic hydroxyl groups excluding tert-OH is 3. The first-order valence-corrected chi connectivity index (χ1v) is 8.24. The molecule has 0 atom stereocenters. The van der Waals surface area contributed by atoms with Gasteiger partial charge in [0.05, 0.1) is 25.4 Å². The van der Waals surface area contributed by atoms with E-state index in [1.54, 1.807) is 6.07 Å². The molecule has 8 heteroatoms. The van der Waals surface area contributed by atoms with Crippen LogP contribution in [0.3, 0.4) is 0 Å². The molecule has 0 aliphatic heterocycles. The van der Waals surface area contributed by atoms with Gasteiger partial charge in [0.25, 0.3) is 0 Å². The summed E-state index contributed by atoms with van der Waals surface area (Å²) in [4.78, 5) is 17.7. The van der Waals surface area contributed by atoms with Gasteiger partial charge in [-0.1, -0.05) is 38.5 Å². The van der Waals surface area contributed by atoms with Crippen LogP contribution in [0.15, 0.2) is 18.2 Å². The fraction of sp³-hybridized carbons (Fsp3) is 0.600. The van der Waals surface area contributed by atoms with Crippen LogP contribution in [0.1, 0.15) is 31.9 Å². The van der Waals surface area contributed by atoms with Gasteiger partial charge in [0, 0.05) is 5.56 Å². The second-order valence-electron chi connectivity index (χ2n) is 6.43. The highest BCUT2D eigenvalue weighted by molar-refractivity contribution is 7.39. The van der Waals surface area contributed by atoms with Crippen LogP contribution in [-0.2, 0) is 5.41 Å². The molecule has 0 unspecified atom stereocenters. The smallest absolute Gasteiger partial charge is 0.391 e. The summed E-state index contributed by atoms with van der Waals surface area (Å²) in [6.07, 6.45) is 0. The van der Waals surface area contributed by atoms with E-state index in [1.807, 2.05) is 19.1 Å². The van der Waals surface area contributed by atoms with Gasteiger partial charge in [-0.3, -0.25) is 0 Å². The maximum atomic E-state index is 8.86. The Kier molecular flexibility index (Phi) is 9.17. The standard InChI is InChI=1S/C11H17O3P.C4H11NO3/c1-8-5-6-10(14-15(12)13)9(7-8)11(2,3)4;5-4(1-6,2-7)3-8/h5-7,12-13H,1-4H3;6-8H,1-3,5H2. The normalized spacial score (nSPS) is 12.0. The van der Waals surface area contributed by atoms with E-state index in [0.717, 1.165) is 11.1 Å². The Hall–Kier alpha value is -0.790. The summed E-state index contributed by atoms with van der Waals surface area (Å²) in [6, 6.07) is 5.68. The molecular weight excluding hydrogens is 321 g/mol. The van der Waals surface area contributed by atoms with Gasteiger partial charge in [-0.2, -0.15) is 0 Å². The van der Waals surface area contributed by atoms with Crippen LogP contribution in [0.5, 0.6) is 5.75 Å². The van der Waals surface area contributed by atoms with Gasteiger partial charge < -0.3 is 35.4 Å². The number of rotatable bonds is 5. The van der Waals surface area contributed by atoms with E-state index < -0.39 is 34.0 Å². The zero-order chi connectivity index (χ0) is 18.3. The van der Waals surface area contributed by atoms with Crippen LogP contribution >= 0.6 is 8.60 Å². The quantitative estimate of drug-likeness (QED) is 0.427. The molecule has 7 N–H and O–H groups in total. The third-order valence-electron chi connectivity index (χ3n) is 3.07. The number of nitrogens with two attached hydrogens (primary N) is 1. The van der Waals surface area contributed by atoms with Crippen LogP contribution < -0.4 is 10.3 Å². The predicted molar refractivity (Wildman–Crippen MR) is 90.0 cm³/mol. The van der Waals surface area contributed by atoms with Crippen molar-refractivity contribution in [3.05, 3.63) is 29.3 Å². The number of benzene rings is 1. The molecule has 134 valence electrons. The lowest BCUT2D eigenvalue weighted by Gasteiger charge is -2.23. The molecule has 0 aliphatic carbocycles. The van der Waals surface area contributed by atoms with Crippen molar-refractivity contribution in [3.63, 3.8) is 0 Å². The van der Waals surface area contributed by atoms with Crippen molar-refractivity contribution in [1.29, 1.82) is 0 Å². The van der Waals surface area contributed by atoms with E-state index in [-0.39, 0.29) is 5.41 Å². The van der Waals surface area contributed by atoms with Gasteiger partial charge in [-0.15, -0.1) is 0 Å². The van der Waals surface area contributed by atoms with Crippen LogP contribution in [0, 0.1) is 6.92 Å². The SMILES string of the molecule is Cc1ccc(OP(O)O)c(C(C)(C)C)c1.NC(CO)(CO)CO. The molecule has 7 nitrogen and oxygen atoms in total. The van der Waals surface area contributed by atoms with Gasteiger partial charge in [0.1, 0.15) is 5.75 Å². The molecule has 0 fully saturated rings. The van der Waals surface area contributed by atoms with Crippen LogP contribution in [-0.4, -0.2) is 50.5 Å². The summed E-state index contributed by atoms with van der Waals surface area (Å²) < 4.78 is 5.00. The highest BCUT2D eigenvalue weighted by Gasteiger charge is 2.21.